The van der Waals surface area contributed by atoms with E-state index in [2.05, 4.69) is 0 Å². The first-order valence-corrected chi connectivity index (χ1v) is 4.06. The molecule has 4 atom stereocenters. The molecule has 0 bridgehead atoms. The maximum absolute atomic E-state index is 10.7. The molecule has 0 spiro atoms. The molecule has 90 valence electrons. The Balaban J connectivity index is 4.43. The highest BCUT2D eigenvalue weighted by Gasteiger charge is 2.36. The summed E-state index contributed by atoms with van der Waals surface area (Å²) in [6, 6.07) is 0. The molecule has 7 N–H and O–H groups in total. The average Bonchev–Trinajstić information content (AvgIpc) is 2.23. The van der Waals surface area contributed by atoms with Crippen molar-refractivity contribution in [2.24, 2.45) is 0 Å². The molecule has 0 aromatic rings. The van der Waals surface area contributed by atoms with Gasteiger partial charge in [0.25, 0.3) is 0 Å². The Morgan fingerprint density at radius 2 is 1.40 bits per heavy atom. The van der Waals surface area contributed by atoms with Gasteiger partial charge >= 0.3 is 0 Å². The maximum Gasteiger partial charge on any atom is 0.219 e. The van der Waals surface area contributed by atoms with E-state index in [-0.39, 0.29) is 0 Å². The summed E-state index contributed by atoms with van der Waals surface area (Å²) in [6.07, 6.45) is -10.6. The number of hydrogen-bond acceptors (Lipinski definition) is 8. The predicted octanol–water partition coefficient (Wildman–Crippen LogP) is -4.70. The van der Waals surface area contributed by atoms with Gasteiger partial charge in [-0.1, -0.05) is 0 Å². The molecule has 0 unspecified atom stereocenters. The Morgan fingerprint density at radius 1 is 0.933 bits per heavy atom. The molecule has 8 nitrogen and oxygen atoms in total. The second-order valence-corrected chi connectivity index (χ2v) is 2.95. The molecule has 0 saturated carbocycles. The van der Waals surface area contributed by atoms with Gasteiger partial charge in [-0.15, -0.1) is 0 Å². The number of carbonyl (C=O) groups is 1. The number of Topliss-reactive ketones (excluding diaryl/α,β-unsaturated/α-hetero) is 1. The van der Waals surface area contributed by atoms with E-state index in [1.807, 2.05) is 0 Å². The maximum atomic E-state index is 10.7. The minimum absolute atomic E-state index is 0.888. The number of aliphatic hydroxyl groups is 7. The number of rotatable bonds is 6. The molecule has 0 aliphatic rings. The van der Waals surface area contributed by atoms with E-state index >= 15 is 0 Å². The summed E-state index contributed by atoms with van der Waals surface area (Å²) >= 11 is 0. The van der Waals surface area contributed by atoms with Crippen LogP contribution in [-0.2, 0) is 4.79 Å². The van der Waals surface area contributed by atoms with E-state index in [0.717, 1.165) is 0 Å². The van der Waals surface area contributed by atoms with Gasteiger partial charge in [-0.2, -0.15) is 0 Å². The zero-order valence-electron chi connectivity index (χ0n) is 7.63. The van der Waals surface area contributed by atoms with Gasteiger partial charge < -0.3 is 35.7 Å². The van der Waals surface area contributed by atoms with Crippen LogP contribution < -0.4 is 0 Å². The van der Waals surface area contributed by atoms with Crippen LogP contribution in [0.15, 0.2) is 0 Å². The van der Waals surface area contributed by atoms with Gasteiger partial charge in [-0.3, -0.25) is 4.79 Å². The van der Waals surface area contributed by atoms with E-state index in [9.17, 15) is 4.79 Å². The molecular weight excluding hydrogens is 212 g/mol. The molecule has 0 aromatic heterocycles. The first kappa shape index (κ1) is 14.4. The summed E-state index contributed by atoms with van der Waals surface area (Å²) in [6.45, 7) is -0.888. The summed E-state index contributed by atoms with van der Waals surface area (Å²) in [4.78, 5) is 10.7. The van der Waals surface area contributed by atoms with Crippen molar-refractivity contribution in [2.45, 2.75) is 30.7 Å². The lowest BCUT2D eigenvalue weighted by atomic mass is 10.0. The zero-order valence-corrected chi connectivity index (χ0v) is 7.63. The van der Waals surface area contributed by atoms with Gasteiger partial charge in [0.05, 0.1) is 6.61 Å². The highest BCUT2D eigenvalue weighted by Crippen LogP contribution is 2.06. The molecule has 0 rings (SSSR count). The average molecular weight is 226 g/mol. The van der Waals surface area contributed by atoms with Gasteiger partial charge in [0.2, 0.25) is 12.1 Å². The Labute approximate surface area is 84.7 Å². The van der Waals surface area contributed by atoms with Gasteiger partial charge in [-0.05, 0) is 0 Å². The van der Waals surface area contributed by atoms with Gasteiger partial charge in [0, 0.05) is 0 Å². The molecular formula is C7H14O8. The van der Waals surface area contributed by atoms with E-state index in [1.54, 1.807) is 0 Å². The lowest BCUT2D eigenvalue weighted by Crippen LogP contribution is -2.50. The quantitative estimate of drug-likeness (QED) is 0.222. The number of carbonyl (C=O) groups excluding carboxylic acids is 1. The third-order valence-corrected chi connectivity index (χ3v) is 1.80. The second kappa shape index (κ2) is 6.08. The van der Waals surface area contributed by atoms with E-state index in [1.165, 1.54) is 0 Å². The van der Waals surface area contributed by atoms with E-state index in [4.69, 9.17) is 35.7 Å². The Morgan fingerprint density at radius 3 is 1.73 bits per heavy atom. The van der Waals surface area contributed by atoms with Crippen molar-refractivity contribution in [3.8, 4) is 0 Å². The van der Waals surface area contributed by atoms with Crippen LogP contribution in [0.1, 0.15) is 0 Å². The van der Waals surface area contributed by atoms with Crippen molar-refractivity contribution >= 4 is 5.78 Å². The van der Waals surface area contributed by atoms with E-state index in [0.29, 0.717) is 0 Å². The van der Waals surface area contributed by atoms with Crippen LogP contribution in [0.2, 0.25) is 0 Å². The number of ketones is 1. The zero-order chi connectivity index (χ0) is 12.2. The summed E-state index contributed by atoms with van der Waals surface area (Å²) in [7, 11) is 0. The van der Waals surface area contributed by atoms with Crippen LogP contribution in [0.25, 0.3) is 0 Å². The van der Waals surface area contributed by atoms with Crippen LogP contribution in [0, 0.1) is 0 Å². The largest absolute Gasteiger partial charge is 0.394 e. The standard InChI is InChI=1S/C7H14O8/c8-1-2(9)3(10)4(11)5(12)6(13)7(14)15/h2-5,7-12,14-15H,1H2/t2-,3-,4+,5+/m1/s1. The molecule has 0 aromatic carbocycles. The number of hydrogen-bond donors (Lipinski definition) is 7. The fourth-order valence-corrected chi connectivity index (χ4v) is 0.843. The van der Waals surface area contributed by atoms with Crippen LogP contribution in [0.3, 0.4) is 0 Å². The van der Waals surface area contributed by atoms with Gasteiger partial charge in [0.1, 0.15) is 24.4 Å². The van der Waals surface area contributed by atoms with Crippen LogP contribution >= 0.6 is 0 Å². The highest BCUT2D eigenvalue weighted by molar-refractivity contribution is 5.86. The first-order valence-electron chi connectivity index (χ1n) is 4.06. The third kappa shape index (κ3) is 3.80. The normalized spacial score (nSPS) is 19.7. The minimum Gasteiger partial charge on any atom is -0.394 e. The third-order valence-electron chi connectivity index (χ3n) is 1.80. The molecule has 15 heavy (non-hydrogen) atoms. The van der Waals surface area contributed by atoms with E-state index < -0.39 is 43.1 Å². The SMILES string of the molecule is O=C(C(O)O)[C@@H](O)[C@@H](O)[C@H](O)[C@H](O)CO. The van der Waals surface area contributed by atoms with Crippen molar-refractivity contribution < 1.29 is 40.5 Å². The fraction of sp³-hybridized carbons (Fsp3) is 0.857. The van der Waals surface area contributed by atoms with Crippen LogP contribution in [0.4, 0.5) is 0 Å². The Hall–Kier alpha value is -0.610. The lowest BCUT2D eigenvalue weighted by Gasteiger charge is -2.24. The van der Waals surface area contributed by atoms with Gasteiger partial charge in [0.15, 0.2) is 0 Å². The topological polar surface area (TPSA) is 159 Å². The Bertz CT molecular complexity index is 205. The number of aliphatic hydroxyl groups excluding tert-OH is 6. The molecule has 0 heterocycles. The molecule has 0 aliphatic carbocycles. The second-order valence-electron chi connectivity index (χ2n) is 2.95. The Kier molecular flexibility index (Phi) is 5.83. The lowest BCUT2D eigenvalue weighted by molar-refractivity contribution is -0.169. The van der Waals surface area contributed by atoms with Crippen LogP contribution in [0.5, 0.6) is 0 Å². The van der Waals surface area contributed by atoms with Crippen molar-refractivity contribution in [2.75, 3.05) is 6.61 Å². The summed E-state index contributed by atoms with van der Waals surface area (Å²) < 4.78 is 0. The van der Waals surface area contributed by atoms with Crippen molar-refractivity contribution in [1.29, 1.82) is 0 Å². The molecule has 0 saturated heterocycles. The summed E-state index contributed by atoms with van der Waals surface area (Å²) in [5, 5.41) is 61.1. The van der Waals surface area contributed by atoms with Crippen molar-refractivity contribution in [3.63, 3.8) is 0 Å². The molecule has 0 fully saturated rings. The monoisotopic (exact) mass is 226 g/mol. The molecule has 0 aliphatic heterocycles. The fourth-order valence-electron chi connectivity index (χ4n) is 0.843. The van der Waals surface area contributed by atoms with Crippen LogP contribution in [-0.4, -0.2) is 78.8 Å². The molecule has 0 amide bonds. The predicted molar refractivity (Wildman–Crippen MR) is 44.3 cm³/mol. The summed E-state index contributed by atoms with van der Waals surface area (Å²) in [5.74, 6) is -1.52. The molecule has 8 heteroatoms. The first-order chi connectivity index (χ1) is 6.82. The van der Waals surface area contributed by atoms with Crippen molar-refractivity contribution in [1.82, 2.24) is 0 Å². The summed E-state index contributed by atoms with van der Waals surface area (Å²) in [5.41, 5.74) is 0. The van der Waals surface area contributed by atoms with Crippen molar-refractivity contribution in [3.05, 3.63) is 0 Å². The van der Waals surface area contributed by atoms with Gasteiger partial charge in [-0.25, -0.2) is 0 Å². The molecule has 0 radical (unpaired) electrons. The minimum atomic E-state index is -2.49. The highest BCUT2D eigenvalue weighted by atomic mass is 16.5. The smallest absolute Gasteiger partial charge is 0.219 e.